The summed E-state index contributed by atoms with van der Waals surface area (Å²) in [6, 6.07) is 0.706. The molecular weight excluding hydrogens is 100 g/mol. The van der Waals surface area contributed by atoms with Gasteiger partial charge in [0.15, 0.2) is 0 Å². The molecule has 1 fully saturated rings. The second kappa shape index (κ2) is 2.70. The lowest BCUT2D eigenvalue weighted by Gasteiger charge is -1.90. The van der Waals surface area contributed by atoms with E-state index in [2.05, 4.69) is 17.5 Å². The summed E-state index contributed by atoms with van der Waals surface area (Å²) in [5.41, 5.74) is 3.03. The van der Waals surface area contributed by atoms with Gasteiger partial charge in [-0.3, -0.25) is 0 Å². The fourth-order valence-corrected chi connectivity index (χ4v) is 0.462. The van der Waals surface area contributed by atoms with E-state index in [-0.39, 0.29) is 0 Å². The Labute approximate surface area is 50.0 Å². The van der Waals surface area contributed by atoms with Crippen LogP contribution in [0.4, 0.5) is 0 Å². The van der Waals surface area contributed by atoms with Gasteiger partial charge in [0.1, 0.15) is 0 Å². The molecule has 0 aromatic carbocycles. The smallest absolute Gasteiger partial charge is 0.0441 e. The molecule has 0 atom stereocenters. The average molecular weight is 112 g/mol. The third-order valence-corrected chi connectivity index (χ3v) is 1.11. The standard InChI is InChI=1S/C6H12N2/c1-2-5-7-8-6-3-4-6/h5-6,8H,2-4H2,1H3. The molecular formula is C6H12N2. The molecule has 0 spiro atoms. The molecule has 0 unspecified atom stereocenters. The van der Waals surface area contributed by atoms with Gasteiger partial charge in [-0.15, -0.1) is 0 Å². The Hall–Kier alpha value is -0.530. The van der Waals surface area contributed by atoms with Gasteiger partial charge in [-0.2, -0.15) is 5.10 Å². The van der Waals surface area contributed by atoms with E-state index in [0.29, 0.717) is 6.04 Å². The summed E-state index contributed by atoms with van der Waals surface area (Å²) in [5, 5.41) is 3.98. The van der Waals surface area contributed by atoms with Crippen LogP contribution in [-0.4, -0.2) is 12.3 Å². The molecule has 46 valence electrons. The molecule has 1 saturated carbocycles. The second-order valence-electron chi connectivity index (χ2n) is 2.12. The summed E-state index contributed by atoms with van der Waals surface area (Å²) in [5.74, 6) is 0. The van der Waals surface area contributed by atoms with Crippen LogP contribution in [0.15, 0.2) is 5.10 Å². The maximum Gasteiger partial charge on any atom is 0.0441 e. The van der Waals surface area contributed by atoms with Gasteiger partial charge < -0.3 is 5.43 Å². The molecule has 0 radical (unpaired) electrons. The lowest BCUT2D eigenvalue weighted by atomic mass is 10.6. The van der Waals surface area contributed by atoms with Gasteiger partial charge in [0.25, 0.3) is 0 Å². The van der Waals surface area contributed by atoms with Crippen molar-refractivity contribution in [3.63, 3.8) is 0 Å². The molecule has 2 heteroatoms. The topological polar surface area (TPSA) is 24.4 Å². The minimum absolute atomic E-state index is 0.706. The number of nitrogens with zero attached hydrogens (tertiary/aromatic N) is 1. The van der Waals surface area contributed by atoms with Gasteiger partial charge in [0.2, 0.25) is 0 Å². The maximum absolute atomic E-state index is 3.98. The number of nitrogens with one attached hydrogen (secondary N) is 1. The second-order valence-corrected chi connectivity index (χ2v) is 2.12. The number of hydrogen-bond donors (Lipinski definition) is 1. The van der Waals surface area contributed by atoms with Crippen LogP contribution in [0.25, 0.3) is 0 Å². The normalized spacial score (nSPS) is 19.6. The molecule has 0 aromatic rings. The van der Waals surface area contributed by atoms with Crippen LogP contribution < -0.4 is 5.43 Å². The van der Waals surface area contributed by atoms with Crippen LogP contribution in [0, 0.1) is 0 Å². The highest BCUT2D eigenvalue weighted by Gasteiger charge is 2.19. The minimum atomic E-state index is 0.706. The van der Waals surface area contributed by atoms with E-state index in [1.807, 2.05) is 6.21 Å². The van der Waals surface area contributed by atoms with Crippen molar-refractivity contribution in [2.75, 3.05) is 0 Å². The highest BCUT2D eigenvalue weighted by atomic mass is 15.3. The first-order valence-electron chi connectivity index (χ1n) is 3.20. The van der Waals surface area contributed by atoms with E-state index in [1.165, 1.54) is 12.8 Å². The third-order valence-electron chi connectivity index (χ3n) is 1.11. The van der Waals surface area contributed by atoms with Crippen molar-refractivity contribution in [1.82, 2.24) is 5.43 Å². The molecule has 0 bridgehead atoms. The number of rotatable bonds is 3. The van der Waals surface area contributed by atoms with Crippen molar-refractivity contribution in [1.29, 1.82) is 0 Å². The van der Waals surface area contributed by atoms with Crippen LogP contribution in [0.1, 0.15) is 26.2 Å². The zero-order valence-electron chi connectivity index (χ0n) is 5.22. The van der Waals surface area contributed by atoms with Gasteiger partial charge in [0.05, 0.1) is 0 Å². The fourth-order valence-electron chi connectivity index (χ4n) is 0.462. The van der Waals surface area contributed by atoms with Crippen LogP contribution in [0.2, 0.25) is 0 Å². The van der Waals surface area contributed by atoms with E-state index in [4.69, 9.17) is 0 Å². The lowest BCUT2D eigenvalue weighted by molar-refractivity contribution is 0.739. The first-order valence-corrected chi connectivity index (χ1v) is 3.20. The summed E-state index contributed by atoms with van der Waals surface area (Å²) < 4.78 is 0. The fraction of sp³-hybridized carbons (Fsp3) is 0.833. The summed E-state index contributed by atoms with van der Waals surface area (Å²) in [7, 11) is 0. The highest BCUT2D eigenvalue weighted by Crippen LogP contribution is 2.17. The summed E-state index contributed by atoms with van der Waals surface area (Å²) >= 11 is 0. The number of hydrogen-bond acceptors (Lipinski definition) is 2. The molecule has 1 N–H and O–H groups in total. The van der Waals surface area contributed by atoms with Gasteiger partial charge in [-0.25, -0.2) is 0 Å². The molecule has 1 aliphatic rings. The minimum Gasteiger partial charge on any atom is -0.307 e. The number of hydrazone groups is 1. The molecule has 1 rings (SSSR count). The molecule has 0 heterocycles. The molecule has 8 heavy (non-hydrogen) atoms. The highest BCUT2D eigenvalue weighted by molar-refractivity contribution is 5.56. The van der Waals surface area contributed by atoms with Crippen LogP contribution in [0.5, 0.6) is 0 Å². The predicted molar refractivity (Wildman–Crippen MR) is 34.9 cm³/mol. The summed E-state index contributed by atoms with van der Waals surface area (Å²) in [6.07, 6.45) is 5.54. The predicted octanol–water partition coefficient (Wildman–Crippen LogP) is 1.13. The molecule has 2 nitrogen and oxygen atoms in total. The lowest BCUT2D eigenvalue weighted by Crippen LogP contribution is -2.06. The van der Waals surface area contributed by atoms with E-state index in [1.54, 1.807) is 0 Å². The van der Waals surface area contributed by atoms with Crippen molar-refractivity contribution in [3.05, 3.63) is 0 Å². The van der Waals surface area contributed by atoms with Gasteiger partial charge >= 0.3 is 0 Å². The molecule has 0 saturated heterocycles. The molecule has 1 aliphatic carbocycles. The average Bonchev–Trinajstić information content (AvgIpc) is 2.51. The molecule has 0 aliphatic heterocycles. The molecule has 0 aromatic heterocycles. The first kappa shape index (κ1) is 5.60. The van der Waals surface area contributed by atoms with Crippen molar-refractivity contribution in [2.45, 2.75) is 32.2 Å². The van der Waals surface area contributed by atoms with E-state index >= 15 is 0 Å². The van der Waals surface area contributed by atoms with Crippen molar-refractivity contribution < 1.29 is 0 Å². The third kappa shape index (κ3) is 1.96. The summed E-state index contributed by atoms with van der Waals surface area (Å²) in [4.78, 5) is 0. The maximum atomic E-state index is 3.98. The van der Waals surface area contributed by atoms with Crippen LogP contribution in [0.3, 0.4) is 0 Å². The van der Waals surface area contributed by atoms with E-state index in [9.17, 15) is 0 Å². The first-order chi connectivity index (χ1) is 3.93. The zero-order valence-corrected chi connectivity index (χ0v) is 5.22. The Balaban J connectivity index is 1.93. The van der Waals surface area contributed by atoms with Crippen molar-refractivity contribution in [2.24, 2.45) is 5.10 Å². The van der Waals surface area contributed by atoms with Gasteiger partial charge in [-0.05, 0) is 19.3 Å². The Bertz CT molecular complexity index is 84.5. The Kier molecular flexibility index (Phi) is 1.89. The van der Waals surface area contributed by atoms with E-state index < -0.39 is 0 Å². The summed E-state index contributed by atoms with van der Waals surface area (Å²) in [6.45, 7) is 2.08. The van der Waals surface area contributed by atoms with Crippen molar-refractivity contribution in [3.8, 4) is 0 Å². The Morgan fingerprint density at radius 2 is 2.50 bits per heavy atom. The Morgan fingerprint density at radius 3 is 3.00 bits per heavy atom. The van der Waals surface area contributed by atoms with Crippen LogP contribution >= 0.6 is 0 Å². The quantitative estimate of drug-likeness (QED) is 0.429. The monoisotopic (exact) mass is 112 g/mol. The van der Waals surface area contributed by atoms with Gasteiger partial charge in [0, 0.05) is 12.3 Å². The SMILES string of the molecule is CCC=NNC1CC1. The van der Waals surface area contributed by atoms with Crippen LogP contribution in [-0.2, 0) is 0 Å². The van der Waals surface area contributed by atoms with E-state index in [0.717, 1.165) is 6.42 Å². The zero-order chi connectivity index (χ0) is 5.82. The van der Waals surface area contributed by atoms with Gasteiger partial charge in [-0.1, -0.05) is 6.92 Å². The largest absolute Gasteiger partial charge is 0.307 e. The van der Waals surface area contributed by atoms with Crippen molar-refractivity contribution >= 4 is 6.21 Å². The molecule has 0 amide bonds. The Morgan fingerprint density at radius 1 is 1.75 bits per heavy atom.